The minimum atomic E-state index is 0.775. The zero-order valence-corrected chi connectivity index (χ0v) is 6.31. The predicted octanol–water partition coefficient (Wildman–Crippen LogP) is 0.0667. The van der Waals surface area contributed by atoms with Crippen molar-refractivity contribution < 1.29 is 0 Å². The molecule has 2 aromatic rings. The molecule has 2 heterocycles. The molecule has 0 saturated heterocycles. The van der Waals surface area contributed by atoms with Gasteiger partial charge in [-0.05, 0) is 12.1 Å². The lowest BCUT2D eigenvalue weighted by molar-refractivity contribution is 0.830. The molecule has 0 aliphatic carbocycles. The second-order valence-corrected chi connectivity index (χ2v) is 2.36. The third-order valence-corrected chi connectivity index (χ3v) is 1.69. The highest BCUT2D eigenvalue weighted by molar-refractivity contribution is 5.69. The lowest BCUT2D eigenvalue weighted by Gasteiger charge is -1.91. The third kappa shape index (κ3) is 0.772. The summed E-state index contributed by atoms with van der Waals surface area (Å²) in [6.45, 7) is 1.92. The van der Waals surface area contributed by atoms with Gasteiger partial charge in [0.25, 0.3) is 0 Å². The van der Waals surface area contributed by atoms with E-state index in [-0.39, 0.29) is 0 Å². The van der Waals surface area contributed by atoms with Gasteiger partial charge < -0.3 is 4.57 Å². The van der Waals surface area contributed by atoms with Crippen molar-refractivity contribution in [2.75, 3.05) is 0 Å². The highest BCUT2D eigenvalue weighted by Crippen LogP contribution is 2.07. The summed E-state index contributed by atoms with van der Waals surface area (Å²) in [5.74, 6) is 0.919. The van der Waals surface area contributed by atoms with E-state index in [0.717, 1.165) is 17.0 Å². The average molecular weight is 149 g/mol. The number of rotatable bonds is 0. The summed E-state index contributed by atoms with van der Waals surface area (Å²) in [5, 5.41) is 11.0. The van der Waals surface area contributed by atoms with Crippen molar-refractivity contribution in [3.05, 3.63) is 12.0 Å². The van der Waals surface area contributed by atoms with Crippen molar-refractivity contribution in [1.29, 1.82) is 0 Å². The van der Waals surface area contributed by atoms with Crippen LogP contribution in [0.5, 0.6) is 0 Å². The maximum absolute atomic E-state index is 4.21. The molecule has 0 radical (unpaired) electrons. The van der Waals surface area contributed by atoms with Crippen LogP contribution in [0, 0.1) is 6.92 Å². The van der Waals surface area contributed by atoms with Crippen molar-refractivity contribution in [1.82, 2.24) is 25.0 Å². The second-order valence-electron chi connectivity index (χ2n) is 2.36. The van der Waals surface area contributed by atoms with Crippen LogP contribution >= 0.6 is 0 Å². The fraction of sp³-hybridized carbons (Fsp3) is 0.333. The number of fused-ring (bicyclic) bond motifs is 1. The molecule has 0 N–H and O–H groups in total. The number of aryl methyl sites for hydroxylation is 2. The highest BCUT2D eigenvalue weighted by Gasteiger charge is 2.03. The zero-order chi connectivity index (χ0) is 7.84. The Balaban J connectivity index is 2.92. The van der Waals surface area contributed by atoms with Crippen LogP contribution in [0.25, 0.3) is 11.2 Å². The summed E-state index contributed by atoms with van der Waals surface area (Å²) in [5.41, 5.74) is 1.57. The van der Waals surface area contributed by atoms with Crippen molar-refractivity contribution in [3.63, 3.8) is 0 Å². The lowest BCUT2D eigenvalue weighted by Crippen LogP contribution is -1.94. The minimum Gasteiger partial charge on any atom is -0.314 e. The number of aromatic nitrogens is 5. The summed E-state index contributed by atoms with van der Waals surface area (Å²) >= 11 is 0. The smallest absolute Gasteiger partial charge is 0.185 e. The molecular formula is C6H7N5. The van der Waals surface area contributed by atoms with Gasteiger partial charge >= 0.3 is 0 Å². The van der Waals surface area contributed by atoms with E-state index in [2.05, 4.69) is 20.4 Å². The Hall–Kier alpha value is -1.52. The normalized spacial score (nSPS) is 10.7. The maximum Gasteiger partial charge on any atom is 0.185 e. The average Bonchev–Trinajstić information content (AvgIpc) is 2.30. The van der Waals surface area contributed by atoms with E-state index in [0.29, 0.717) is 0 Å². The zero-order valence-electron chi connectivity index (χ0n) is 6.31. The monoisotopic (exact) mass is 149 g/mol. The van der Waals surface area contributed by atoms with Crippen LogP contribution in [-0.4, -0.2) is 25.0 Å². The first-order chi connectivity index (χ1) is 5.29. The molecule has 2 aromatic heterocycles. The van der Waals surface area contributed by atoms with Gasteiger partial charge in [0.1, 0.15) is 11.3 Å². The minimum absolute atomic E-state index is 0.775. The fourth-order valence-corrected chi connectivity index (χ4v) is 0.978. The van der Waals surface area contributed by atoms with Crippen LogP contribution in [0.3, 0.4) is 0 Å². The number of hydrogen-bond acceptors (Lipinski definition) is 4. The molecule has 2 rings (SSSR count). The predicted molar refractivity (Wildman–Crippen MR) is 38.8 cm³/mol. The van der Waals surface area contributed by atoms with E-state index in [1.165, 1.54) is 0 Å². The van der Waals surface area contributed by atoms with Crippen molar-refractivity contribution in [2.45, 2.75) is 6.92 Å². The fourth-order valence-electron chi connectivity index (χ4n) is 0.978. The molecular weight excluding hydrogens is 142 g/mol. The molecule has 0 fully saturated rings. The highest BCUT2D eigenvalue weighted by atomic mass is 15.3. The number of hydrogen-bond donors (Lipinski definition) is 0. The standard InChI is InChI=1S/C6H7N5/c1-4-8-5-3-7-10-9-6(5)11(4)2/h3H,1-2H3. The molecule has 0 spiro atoms. The Morgan fingerprint density at radius 3 is 3.00 bits per heavy atom. The first-order valence-corrected chi connectivity index (χ1v) is 3.26. The van der Waals surface area contributed by atoms with Gasteiger partial charge in [-0.15, -0.1) is 10.2 Å². The van der Waals surface area contributed by atoms with Gasteiger partial charge in [-0.3, -0.25) is 0 Å². The van der Waals surface area contributed by atoms with Crippen LogP contribution in [0.2, 0.25) is 0 Å². The van der Waals surface area contributed by atoms with Gasteiger partial charge in [0, 0.05) is 7.05 Å². The molecule has 0 atom stereocenters. The van der Waals surface area contributed by atoms with E-state index in [1.54, 1.807) is 6.20 Å². The molecule has 0 aliphatic heterocycles. The SMILES string of the molecule is Cc1nc2cnnnc2n1C. The molecule has 0 bridgehead atoms. The molecule has 5 heteroatoms. The van der Waals surface area contributed by atoms with Gasteiger partial charge in [0.15, 0.2) is 5.65 Å². The Bertz CT molecular complexity index is 391. The summed E-state index contributed by atoms with van der Waals surface area (Å²) in [6.07, 6.45) is 1.61. The molecule has 0 amide bonds. The molecule has 0 aromatic carbocycles. The van der Waals surface area contributed by atoms with E-state index < -0.39 is 0 Å². The van der Waals surface area contributed by atoms with Gasteiger partial charge in [-0.25, -0.2) is 4.98 Å². The van der Waals surface area contributed by atoms with Crippen molar-refractivity contribution in [2.24, 2.45) is 7.05 Å². The van der Waals surface area contributed by atoms with Crippen LogP contribution in [0.1, 0.15) is 5.82 Å². The van der Waals surface area contributed by atoms with E-state index >= 15 is 0 Å². The van der Waals surface area contributed by atoms with Gasteiger partial charge in [0.2, 0.25) is 0 Å². The summed E-state index contributed by atoms with van der Waals surface area (Å²) in [6, 6.07) is 0. The molecule has 0 unspecified atom stereocenters. The van der Waals surface area contributed by atoms with Crippen LogP contribution < -0.4 is 0 Å². The maximum atomic E-state index is 4.21. The molecule has 0 aliphatic rings. The Morgan fingerprint density at radius 1 is 1.45 bits per heavy atom. The number of imidazole rings is 1. The summed E-state index contributed by atoms with van der Waals surface area (Å²) in [4.78, 5) is 4.21. The Labute approximate surface area is 63.1 Å². The van der Waals surface area contributed by atoms with Gasteiger partial charge in [-0.2, -0.15) is 0 Å². The Morgan fingerprint density at radius 2 is 2.27 bits per heavy atom. The summed E-state index contributed by atoms with van der Waals surface area (Å²) < 4.78 is 1.88. The van der Waals surface area contributed by atoms with Crippen LogP contribution in [-0.2, 0) is 7.05 Å². The molecule has 11 heavy (non-hydrogen) atoms. The molecule has 0 saturated carbocycles. The van der Waals surface area contributed by atoms with Gasteiger partial charge in [-0.1, -0.05) is 0 Å². The van der Waals surface area contributed by atoms with E-state index in [9.17, 15) is 0 Å². The largest absolute Gasteiger partial charge is 0.314 e. The first-order valence-electron chi connectivity index (χ1n) is 3.26. The topological polar surface area (TPSA) is 56.5 Å². The van der Waals surface area contributed by atoms with Gasteiger partial charge in [0.05, 0.1) is 6.20 Å². The third-order valence-electron chi connectivity index (χ3n) is 1.69. The van der Waals surface area contributed by atoms with Crippen molar-refractivity contribution in [3.8, 4) is 0 Å². The van der Waals surface area contributed by atoms with Crippen molar-refractivity contribution >= 4 is 11.2 Å². The van der Waals surface area contributed by atoms with E-state index in [1.807, 2.05) is 18.5 Å². The Kier molecular flexibility index (Phi) is 1.12. The van der Waals surface area contributed by atoms with Crippen LogP contribution in [0.4, 0.5) is 0 Å². The first kappa shape index (κ1) is 6.21. The molecule has 5 nitrogen and oxygen atoms in total. The summed E-state index contributed by atoms with van der Waals surface area (Å²) in [7, 11) is 1.90. The number of nitrogens with zero attached hydrogens (tertiary/aromatic N) is 5. The van der Waals surface area contributed by atoms with Crippen LogP contribution in [0.15, 0.2) is 6.20 Å². The lowest BCUT2D eigenvalue weighted by atomic mass is 10.6. The van der Waals surface area contributed by atoms with E-state index in [4.69, 9.17) is 0 Å². The molecule has 56 valence electrons. The quantitative estimate of drug-likeness (QED) is 0.531. The second kappa shape index (κ2) is 1.98.